The van der Waals surface area contributed by atoms with Crippen LogP contribution in [0.15, 0.2) is 0 Å². The van der Waals surface area contributed by atoms with Crippen LogP contribution in [0.2, 0.25) is 0 Å². The number of hydrogen-bond acceptors (Lipinski definition) is 2. The monoisotopic (exact) mass is 141 g/mol. The first kappa shape index (κ1) is 7.73. The number of ketones is 1. The average molecular weight is 141 g/mol. The van der Waals surface area contributed by atoms with Crippen molar-refractivity contribution in [3.05, 3.63) is 0 Å². The van der Waals surface area contributed by atoms with Crippen LogP contribution in [0.5, 0.6) is 0 Å². The van der Waals surface area contributed by atoms with Crippen LogP contribution >= 0.6 is 0 Å². The Labute approximate surface area is 62.0 Å². The molecule has 1 fully saturated rings. The maximum atomic E-state index is 11.1. The number of Topliss-reactive ketones (excluding diaryl/α,β-unsaturated/α-hetero) is 1. The molecule has 0 radical (unpaired) electrons. The number of nitrogens with one attached hydrogen (secondary N) is 1. The van der Waals surface area contributed by atoms with Gasteiger partial charge in [-0.1, -0.05) is 0 Å². The third-order valence-corrected chi connectivity index (χ3v) is 1.88. The van der Waals surface area contributed by atoms with Gasteiger partial charge in [-0.05, 0) is 32.9 Å². The zero-order valence-corrected chi connectivity index (χ0v) is 6.52. The second-order valence-electron chi connectivity index (χ2n) is 2.95. The van der Waals surface area contributed by atoms with Gasteiger partial charge < -0.3 is 5.32 Å². The van der Waals surface area contributed by atoms with E-state index >= 15 is 0 Å². The first-order valence-corrected chi connectivity index (χ1v) is 4.02. The zero-order chi connectivity index (χ0) is 7.40. The Morgan fingerprint density at radius 1 is 1.60 bits per heavy atom. The summed E-state index contributed by atoms with van der Waals surface area (Å²) in [6.07, 6.45) is 4.09. The molecule has 1 aliphatic rings. The number of rotatable bonds is 5. The fourth-order valence-electron chi connectivity index (χ4n) is 1.05. The lowest BCUT2D eigenvalue weighted by atomic mass is 10.1. The predicted molar refractivity (Wildman–Crippen MR) is 40.9 cm³/mol. The Morgan fingerprint density at radius 2 is 2.30 bits per heavy atom. The quantitative estimate of drug-likeness (QED) is 0.578. The standard InChI is InChI=1S/C8H15NO/c1-9-6-2-3-8(10)7-4-5-7/h7,9H,2-6H2,1H3. The predicted octanol–water partition coefficient (Wildman–Crippen LogP) is 0.965. The smallest absolute Gasteiger partial charge is 0.136 e. The van der Waals surface area contributed by atoms with E-state index < -0.39 is 0 Å². The van der Waals surface area contributed by atoms with E-state index in [2.05, 4.69) is 5.32 Å². The van der Waals surface area contributed by atoms with Gasteiger partial charge in [-0.25, -0.2) is 0 Å². The first-order valence-electron chi connectivity index (χ1n) is 4.02. The Hall–Kier alpha value is -0.370. The van der Waals surface area contributed by atoms with E-state index in [-0.39, 0.29) is 0 Å². The summed E-state index contributed by atoms with van der Waals surface area (Å²) < 4.78 is 0. The lowest BCUT2D eigenvalue weighted by Crippen LogP contribution is -2.10. The van der Waals surface area contributed by atoms with E-state index in [0.717, 1.165) is 32.2 Å². The lowest BCUT2D eigenvalue weighted by molar-refractivity contribution is -0.120. The molecule has 0 unspecified atom stereocenters. The minimum atomic E-state index is 0.455. The Kier molecular flexibility index (Phi) is 2.87. The molecule has 0 bridgehead atoms. The van der Waals surface area contributed by atoms with Gasteiger partial charge in [0.1, 0.15) is 5.78 Å². The average Bonchev–Trinajstić information content (AvgIpc) is 2.69. The highest BCUT2D eigenvalue weighted by atomic mass is 16.1. The maximum Gasteiger partial charge on any atom is 0.136 e. The molecule has 1 rings (SSSR count). The van der Waals surface area contributed by atoms with Crippen molar-refractivity contribution in [2.24, 2.45) is 5.92 Å². The molecule has 0 aromatic heterocycles. The summed E-state index contributed by atoms with van der Waals surface area (Å²) in [6.45, 7) is 0.971. The Balaban J connectivity index is 1.95. The summed E-state index contributed by atoms with van der Waals surface area (Å²) >= 11 is 0. The van der Waals surface area contributed by atoms with Gasteiger partial charge in [-0.3, -0.25) is 4.79 Å². The fourth-order valence-corrected chi connectivity index (χ4v) is 1.05. The molecule has 0 aromatic rings. The van der Waals surface area contributed by atoms with Gasteiger partial charge in [-0.2, -0.15) is 0 Å². The molecule has 2 heteroatoms. The van der Waals surface area contributed by atoms with Gasteiger partial charge in [0.05, 0.1) is 0 Å². The first-order chi connectivity index (χ1) is 4.84. The van der Waals surface area contributed by atoms with E-state index in [1.807, 2.05) is 7.05 Å². The van der Waals surface area contributed by atoms with E-state index in [1.54, 1.807) is 0 Å². The normalized spacial score (nSPS) is 17.3. The van der Waals surface area contributed by atoms with Crippen molar-refractivity contribution in [2.45, 2.75) is 25.7 Å². The fraction of sp³-hybridized carbons (Fsp3) is 0.875. The van der Waals surface area contributed by atoms with Crippen molar-refractivity contribution in [1.29, 1.82) is 0 Å². The van der Waals surface area contributed by atoms with E-state index in [1.165, 1.54) is 0 Å². The van der Waals surface area contributed by atoms with Gasteiger partial charge in [0.25, 0.3) is 0 Å². The molecule has 1 saturated carbocycles. The molecule has 0 spiro atoms. The third-order valence-electron chi connectivity index (χ3n) is 1.88. The SMILES string of the molecule is CNCCCC(=O)C1CC1. The van der Waals surface area contributed by atoms with Crippen LogP contribution in [0.1, 0.15) is 25.7 Å². The van der Waals surface area contributed by atoms with Crippen LogP contribution in [-0.4, -0.2) is 19.4 Å². The molecule has 58 valence electrons. The van der Waals surface area contributed by atoms with Gasteiger partial charge in [0, 0.05) is 12.3 Å². The largest absolute Gasteiger partial charge is 0.320 e. The highest BCUT2D eigenvalue weighted by Crippen LogP contribution is 2.30. The summed E-state index contributed by atoms with van der Waals surface area (Å²) in [5.74, 6) is 0.937. The summed E-state index contributed by atoms with van der Waals surface area (Å²) in [6, 6.07) is 0. The lowest BCUT2D eigenvalue weighted by Gasteiger charge is -1.96. The Morgan fingerprint density at radius 3 is 2.80 bits per heavy atom. The van der Waals surface area contributed by atoms with Gasteiger partial charge in [0.15, 0.2) is 0 Å². The van der Waals surface area contributed by atoms with Crippen molar-refractivity contribution in [3.63, 3.8) is 0 Å². The molecular weight excluding hydrogens is 126 g/mol. The van der Waals surface area contributed by atoms with Crippen LogP contribution in [0.4, 0.5) is 0 Å². The van der Waals surface area contributed by atoms with E-state index in [0.29, 0.717) is 11.7 Å². The number of carbonyl (C=O) groups excluding carboxylic acids is 1. The molecule has 0 atom stereocenters. The van der Waals surface area contributed by atoms with Crippen LogP contribution in [0.25, 0.3) is 0 Å². The molecule has 10 heavy (non-hydrogen) atoms. The minimum absolute atomic E-state index is 0.455. The molecule has 0 aliphatic heterocycles. The van der Waals surface area contributed by atoms with Crippen molar-refractivity contribution in [3.8, 4) is 0 Å². The molecule has 0 aromatic carbocycles. The summed E-state index contributed by atoms with van der Waals surface area (Å²) in [4.78, 5) is 11.1. The van der Waals surface area contributed by atoms with Crippen LogP contribution in [0.3, 0.4) is 0 Å². The molecule has 1 N–H and O–H groups in total. The molecule has 0 saturated heterocycles. The molecule has 2 nitrogen and oxygen atoms in total. The van der Waals surface area contributed by atoms with Crippen LogP contribution in [-0.2, 0) is 4.79 Å². The molecule has 1 aliphatic carbocycles. The van der Waals surface area contributed by atoms with Gasteiger partial charge in [0.2, 0.25) is 0 Å². The van der Waals surface area contributed by atoms with Crippen molar-refractivity contribution >= 4 is 5.78 Å². The zero-order valence-electron chi connectivity index (χ0n) is 6.52. The topological polar surface area (TPSA) is 29.1 Å². The second-order valence-corrected chi connectivity index (χ2v) is 2.95. The van der Waals surface area contributed by atoms with E-state index in [9.17, 15) is 4.79 Å². The highest BCUT2D eigenvalue weighted by molar-refractivity contribution is 5.83. The van der Waals surface area contributed by atoms with Crippen LogP contribution in [0, 0.1) is 5.92 Å². The van der Waals surface area contributed by atoms with Gasteiger partial charge >= 0.3 is 0 Å². The molecule has 0 amide bonds. The van der Waals surface area contributed by atoms with Crippen molar-refractivity contribution in [1.82, 2.24) is 5.32 Å². The maximum absolute atomic E-state index is 11.1. The Bertz CT molecular complexity index is 118. The third kappa shape index (κ3) is 2.48. The number of hydrogen-bond donors (Lipinski definition) is 1. The summed E-state index contributed by atoms with van der Waals surface area (Å²) in [5.41, 5.74) is 0. The minimum Gasteiger partial charge on any atom is -0.320 e. The van der Waals surface area contributed by atoms with Crippen molar-refractivity contribution < 1.29 is 4.79 Å². The molecule has 0 heterocycles. The second kappa shape index (κ2) is 3.71. The highest BCUT2D eigenvalue weighted by Gasteiger charge is 2.28. The summed E-state index contributed by atoms with van der Waals surface area (Å²) in [5, 5.41) is 3.03. The van der Waals surface area contributed by atoms with Gasteiger partial charge in [-0.15, -0.1) is 0 Å². The van der Waals surface area contributed by atoms with E-state index in [4.69, 9.17) is 0 Å². The molecular formula is C8H15NO. The van der Waals surface area contributed by atoms with Crippen LogP contribution < -0.4 is 5.32 Å². The van der Waals surface area contributed by atoms with Crippen molar-refractivity contribution in [2.75, 3.05) is 13.6 Å². The number of carbonyl (C=O) groups is 1. The summed E-state index contributed by atoms with van der Waals surface area (Å²) in [7, 11) is 1.92.